The van der Waals surface area contributed by atoms with Crippen molar-refractivity contribution >= 4 is 57.5 Å². The van der Waals surface area contributed by atoms with E-state index in [0.717, 1.165) is 30.4 Å². The molecule has 1 aliphatic carbocycles. The van der Waals surface area contributed by atoms with Crippen molar-refractivity contribution in [2.75, 3.05) is 5.32 Å². The Kier molecular flexibility index (Phi) is 6.32. The van der Waals surface area contributed by atoms with Gasteiger partial charge in [0.2, 0.25) is 0 Å². The highest BCUT2D eigenvalue weighted by atomic mass is 35.5. The van der Waals surface area contributed by atoms with Gasteiger partial charge in [-0.25, -0.2) is 5.43 Å². The fraction of sp³-hybridized carbons (Fsp3) is 0.227. The van der Waals surface area contributed by atoms with Gasteiger partial charge >= 0.3 is 0 Å². The molecule has 4 rings (SSSR count). The summed E-state index contributed by atoms with van der Waals surface area (Å²) in [6.07, 6.45) is 4.34. The lowest BCUT2D eigenvalue weighted by Gasteiger charge is -2.12. The van der Waals surface area contributed by atoms with E-state index in [9.17, 15) is 9.59 Å². The standard InChI is InChI=1S/C22H20ClN3O2S2/c1-13(25-26-21(27)17-12-29-18-8-3-2-7-16(17)18)14-5-4-6-15(11-14)24-22(28)19-9-10-20(23)30-19/h4-6,9-12H,2-3,7-8H2,1H3,(H,24,28)(H,26,27). The van der Waals surface area contributed by atoms with Gasteiger partial charge in [-0.2, -0.15) is 5.10 Å². The number of nitrogens with zero attached hydrogens (tertiary/aromatic N) is 1. The minimum absolute atomic E-state index is 0.173. The Balaban J connectivity index is 1.44. The molecule has 2 aromatic heterocycles. The summed E-state index contributed by atoms with van der Waals surface area (Å²) >= 11 is 8.79. The first-order chi connectivity index (χ1) is 14.5. The van der Waals surface area contributed by atoms with Crippen LogP contribution in [0.1, 0.15) is 55.8 Å². The number of carbonyl (C=O) groups excluding carboxylic acids is 2. The third-order valence-electron chi connectivity index (χ3n) is 4.97. The van der Waals surface area contributed by atoms with Crippen molar-refractivity contribution in [3.05, 3.63) is 72.6 Å². The summed E-state index contributed by atoms with van der Waals surface area (Å²) in [5, 5.41) is 9.07. The van der Waals surface area contributed by atoms with Crippen molar-refractivity contribution in [3.8, 4) is 0 Å². The summed E-state index contributed by atoms with van der Waals surface area (Å²) in [5.41, 5.74) is 6.70. The largest absolute Gasteiger partial charge is 0.321 e. The molecule has 5 nitrogen and oxygen atoms in total. The van der Waals surface area contributed by atoms with Gasteiger partial charge in [-0.1, -0.05) is 23.7 Å². The van der Waals surface area contributed by atoms with Crippen LogP contribution in [-0.4, -0.2) is 17.5 Å². The zero-order chi connectivity index (χ0) is 21.1. The number of hydrogen-bond donors (Lipinski definition) is 2. The molecule has 0 atom stereocenters. The zero-order valence-electron chi connectivity index (χ0n) is 16.3. The summed E-state index contributed by atoms with van der Waals surface area (Å²) in [6.45, 7) is 1.82. The molecule has 1 aliphatic rings. The molecule has 2 N–H and O–H groups in total. The molecule has 2 amide bonds. The van der Waals surface area contributed by atoms with Crippen molar-refractivity contribution in [2.24, 2.45) is 5.10 Å². The van der Waals surface area contributed by atoms with Crippen molar-refractivity contribution in [3.63, 3.8) is 0 Å². The van der Waals surface area contributed by atoms with Crippen LogP contribution in [0.25, 0.3) is 0 Å². The lowest BCUT2D eigenvalue weighted by Crippen LogP contribution is -2.20. The quantitative estimate of drug-likeness (QED) is 0.378. The molecule has 2 heterocycles. The average molecular weight is 458 g/mol. The van der Waals surface area contributed by atoms with Gasteiger partial charge in [0, 0.05) is 15.9 Å². The fourth-order valence-electron chi connectivity index (χ4n) is 3.39. The second kappa shape index (κ2) is 9.12. The number of benzene rings is 1. The SMILES string of the molecule is CC(=NNC(=O)c1csc2c1CCCC2)c1cccc(NC(=O)c2ccc(Cl)s2)c1. The van der Waals surface area contributed by atoms with Gasteiger partial charge < -0.3 is 5.32 Å². The predicted molar refractivity (Wildman–Crippen MR) is 124 cm³/mol. The van der Waals surface area contributed by atoms with E-state index in [0.29, 0.717) is 20.6 Å². The number of halogens is 1. The number of aryl methyl sites for hydroxylation is 1. The molecule has 8 heteroatoms. The van der Waals surface area contributed by atoms with Crippen molar-refractivity contribution in [1.29, 1.82) is 0 Å². The zero-order valence-corrected chi connectivity index (χ0v) is 18.7. The summed E-state index contributed by atoms with van der Waals surface area (Å²) in [4.78, 5) is 26.8. The molecule has 3 aromatic rings. The number of hydrogen-bond acceptors (Lipinski definition) is 5. The van der Waals surface area contributed by atoms with E-state index in [1.165, 1.54) is 28.2 Å². The van der Waals surface area contributed by atoms with Crippen molar-refractivity contribution in [2.45, 2.75) is 32.6 Å². The molecule has 154 valence electrons. The smallest absolute Gasteiger partial charge is 0.272 e. The monoisotopic (exact) mass is 457 g/mol. The van der Waals surface area contributed by atoms with Gasteiger partial charge in [-0.05, 0) is 68.0 Å². The van der Waals surface area contributed by atoms with Crippen LogP contribution in [0.15, 0.2) is 46.9 Å². The highest BCUT2D eigenvalue weighted by Crippen LogP contribution is 2.30. The molecule has 0 radical (unpaired) electrons. The number of hydrazone groups is 1. The van der Waals surface area contributed by atoms with Crippen LogP contribution in [0.2, 0.25) is 4.34 Å². The Hall–Kier alpha value is -2.48. The van der Waals surface area contributed by atoms with E-state index >= 15 is 0 Å². The van der Waals surface area contributed by atoms with E-state index in [1.807, 2.05) is 30.5 Å². The summed E-state index contributed by atoms with van der Waals surface area (Å²) < 4.78 is 0.569. The third kappa shape index (κ3) is 4.64. The first-order valence-electron chi connectivity index (χ1n) is 9.62. The first kappa shape index (κ1) is 20.8. The fourth-order valence-corrected chi connectivity index (χ4v) is 5.46. The number of thiophene rings is 2. The molecule has 0 aliphatic heterocycles. The van der Waals surface area contributed by atoms with Gasteiger partial charge in [0.1, 0.15) is 0 Å². The molecule has 0 bridgehead atoms. The van der Waals surface area contributed by atoms with Crippen LogP contribution in [0.4, 0.5) is 5.69 Å². The molecule has 0 spiro atoms. The van der Waals surface area contributed by atoms with Crippen LogP contribution >= 0.6 is 34.3 Å². The maximum absolute atomic E-state index is 12.6. The predicted octanol–water partition coefficient (Wildman–Crippen LogP) is 5.75. The Morgan fingerprint density at radius 1 is 1.10 bits per heavy atom. The summed E-state index contributed by atoms with van der Waals surface area (Å²) in [5.74, 6) is -0.387. The Morgan fingerprint density at radius 3 is 2.73 bits per heavy atom. The molecule has 30 heavy (non-hydrogen) atoms. The number of anilines is 1. The Bertz CT molecular complexity index is 1130. The van der Waals surface area contributed by atoms with Crippen LogP contribution in [0.5, 0.6) is 0 Å². The Morgan fingerprint density at radius 2 is 1.93 bits per heavy atom. The van der Waals surface area contributed by atoms with Crippen molar-refractivity contribution < 1.29 is 9.59 Å². The first-order valence-corrected chi connectivity index (χ1v) is 11.7. The van der Waals surface area contributed by atoms with Crippen molar-refractivity contribution in [1.82, 2.24) is 5.43 Å². The maximum Gasteiger partial charge on any atom is 0.272 e. The van der Waals surface area contributed by atoms with E-state index in [4.69, 9.17) is 11.6 Å². The number of rotatable bonds is 5. The Labute approximate surface area is 187 Å². The van der Waals surface area contributed by atoms with Crippen LogP contribution in [0, 0.1) is 0 Å². The minimum Gasteiger partial charge on any atom is -0.321 e. The summed E-state index contributed by atoms with van der Waals surface area (Å²) in [7, 11) is 0. The van der Waals surface area contributed by atoms with Gasteiger partial charge in [0.05, 0.1) is 20.5 Å². The van der Waals surface area contributed by atoms with Gasteiger partial charge in [-0.15, -0.1) is 22.7 Å². The normalized spacial score (nSPS) is 13.6. The average Bonchev–Trinajstić information content (AvgIpc) is 3.38. The van der Waals surface area contributed by atoms with E-state index < -0.39 is 0 Å². The summed E-state index contributed by atoms with van der Waals surface area (Å²) in [6, 6.07) is 10.7. The van der Waals surface area contributed by atoms with Gasteiger partial charge in [0.15, 0.2) is 0 Å². The van der Waals surface area contributed by atoms with Crippen LogP contribution in [-0.2, 0) is 12.8 Å². The molecular weight excluding hydrogens is 438 g/mol. The van der Waals surface area contributed by atoms with Gasteiger partial charge in [-0.3, -0.25) is 9.59 Å². The lowest BCUT2D eigenvalue weighted by atomic mass is 9.96. The molecule has 1 aromatic carbocycles. The number of carbonyl (C=O) groups is 2. The highest BCUT2D eigenvalue weighted by Gasteiger charge is 2.20. The molecule has 0 saturated carbocycles. The van der Waals surface area contributed by atoms with Gasteiger partial charge in [0.25, 0.3) is 11.8 Å². The number of fused-ring (bicyclic) bond motifs is 1. The second-order valence-corrected chi connectivity index (χ2v) is 9.71. The lowest BCUT2D eigenvalue weighted by molar-refractivity contribution is 0.0953. The van der Waals surface area contributed by atoms with E-state index in [2.05, 4.69) is 15.8 Å². The van der Waals surface area contributed by atoms with E-state index in [1.54, 1.807) is 29.5 Å². The maximum atomic E-state index is 12.6. The van der Waals surface area contributed by atoms with E-state index in [-0.39, 0.29) is 11.8 Å². The van der Waals surface area contributed by atoms with Crippen LogP contribution < -0.4 is 10.7 Å². The molecular formula is C22H20ClN3O2S2. The van der Waals surface area contributed by atoms with Crippen LogP contribution in [0.3, 0.4) is 0 Å². The second-order valence-electron chi connectivity index (χ2n) is 7.04. The molecule has 0 fully saturated rings. The highest BCUT2D eigenvalue weighted by molar-refractivity contribution is 7.18. The minimum atomic E-state index is -0.214. The molecule has 0 saturated heterocycles. The topological polar surface area (TPSA) is 70.6 Å². The number of nitrogens with one attached hydrogen (secondary N) is 2. The third-order valence-corrected chi connectivity index (χ3v) is 7.28. The number of amides is 2. The molecule has 0 unspecified atom stereocenters.